The van der Waals surface area contributed by atoms with Crippen molar-refractivity contribution in [1.29, 1.82) is 0 Å². The summed E-state index contributed by atoms with van der Waals surface area (Å²) in [4.78, 5) is 23.7. The average molecular weight is 304 g/mol. The molecule has 1 saturated carbocycles. The first-order chi connectivity index (χ1) is 10.4. The Morgan fingerprint density at radius 3 is 2.41 bits per heavy atom. The van der Waals surface area contributed by atoms with Crippen molar-refractivity contribution in [2.24, 2.45) is 0 Å². The molecular weight excluding hydrogens is 280 g/mol. The summed E-state index contributed by atoms with van der Waals surface area (Å²) >= 11 is 0. The number of hydrogen-bond donors (Lipinski definition) is 3. The Morgan fingerprint density at radius 1 is 1.09 bits per heavy atom. The molecule has 0 aromatic heterocycles. The van der Waals surface area contributed by atoms with Crippen molar-refractivity contribution in [1.82, 2.24) is 5.32 Å². The number of carbonyl (C=O) groups excluding carboxylic acids is 2. The highest BCUT2D eigenvalue weighted by atomic mass is 16.3. The van der Waals surface area contributed by atoms with E-state index in [1.54, 1.807) is 6.07 Å². The highest BCUT2D eigenvalue weighted by molar-refractivity contribution is 6.39. The first-order valence-corrected chi connectivity index (χ1v) is 7.78. The van der Waals surface area contributed by atoms with E-state index in [0.717, 1.165) is 30.4 Å². The van der Waals surface area contributed by atoms with Gasteiger partial charge in [-0.15, -0.1) is 0 Å². The third-order valence-electron chi connectivity index (χ3n) is 4.33. The number of aliphatic hydroxyl groups is 1. The molecule has 5 nitrogen and oxygen atoms in total. The molecule has 0 heterocycles. The van der Waals surface area contributed by atoms with Crippen LogP contribution in [0.5, 0.6) is 0 Å². The Kier molecular flexibility index (Phi) is 5.19. The second-order valence-electron chi connectivity index (χ2n) is 6.22. The standard InChI is InChI=1S/C17H24N2O3/c1-12-6-7-14(10-13(12)2)19-16(21)15(20)18-11-17(22)8-4-3-5-9-17/h6-7,10,22H,3-5,8-9,11H2,1-2H3,(H,18,20)(H,19,21). The molecule has 1 aliphatic carbocycles. The molecule has 1 aliphatic rings. The number of anilines is 1. The first kappa shape index (κ1) is 16.5. The van der Waals surface area contributed by atoms with E-state index in [2.05, 4.69) is 10.6 Å². The number of hydrogen-bond acceptors (Lipinski definition) is 3. The van der Waals surface area contributed by atoms with E-state index in [-0.39, 0.29) is 6.54 Å². The molecule has 0 aliphatic heterocycles. The smallest absolute Gasteiger partial charge is 0.313 e. The summed E-state index contributed by atoms with van der Waals surface area (Å²) in [6, 6.07) is 5.49. The van der Waals surface area contributed by atoms with Gasteiger partial charge in [-0.25, -0.2) is 0 Å². The molecule has 1 fully saturated rings. The van der Waals surface area contributed by atoms with Crippen LogP contribution in [-0.2, 0) is 9.59 Å². The maximum absolute atomic E-state index is 11.9. The van der Waals surface area contributed by atoms with Crippen molar-refractivity contribution >= 4 is 17.5 Å². The van der Waals surface area contributed by atoms with Crippen LogP contribution < -0.4 is 10.6 Å². The van der Waals surface area contributed by atoms with E-state index in [9.17, 15) is 14.7 Å². The predicted octanol–water partition coefficient (Wildman–Crippen LogP) is 2.05. The van der Waals surface area contributed by atoms with Gasteiger partial charge in [-0.3, -0.25) is 9.59 Å². The summed E-state index contributed by atoms with van der Waals surface area (Å²) in [5.41, 5.74) is 1.91. The van der Waals surface area contributed by atoms with E-state index in [4.69, 9.17) is 0 Å². The van der Waals surface area contributed by atoms with Crippen LogP contribution in [0.2, 0.25) is 0 Å². The van der Waals surface area contributed by atoms with Crippen LogP contribution in [0.1, 0.15) is 43.2 Å². The van der Waals surface area contributed by atoms with Crippen LogP contribution in [0.4, 0.5) is 5.69 Å². The van der Waals surface area contributed by atoms with Crippen LogP contribution in [-0.4, -0.2) is 29.1 Å². The van der Waals surface area contributed by atoms with Crippen LogP contribution in [0.15, 0.2) is 18.2 Å². The van der Waals surface area contributed by atoms with E-state index in [1.165, 1.54) is 0 Å². The number of aryl methyl sites for hydroxylation is 2. The topological polar surface area (TPSA) is 78.4 Å². The Balaban J connectivity index is 1.86. The van der Waals surface area contributed by atoms with Crippen molar-refractivity contribution in [3.8, 4) is 0 Å². The zero-order valence-corrected chi connectivity index (χ0v) is 13.2. The van der Waals surface area contributed by atoms with Crippen molar-refractivity contribution in [3.63, 3.8) is 0 Å². The van der Waals surface area contributed by atoms with E-state index < -0.39 is 17.4 Å². The quantitative estimate of drug-likeness (QED) is 0.748. The van der Waals surface area contributed by atoms with E-state index in [0.29, 0.717) is 18.5 Å². The third kappa shape index (κ3) is 4.31. The van der Waals surface area contributed by atoms with Gasteiger partial charge in [0.15, 0.2) is 0 Å². The lowest BCUT2D eigenvalue weighted by Gasteiger charge is -2.31. The highest BCUT2D eigenvalue weighted by Crippen LogP contribution is 2.27. The van der Waals surface area contributed by atoms with Crippen LogP contribution in [0.3, 0.4) is 0 Å². The Bertz CT molecular complexity index is 563. The Labute approximate surface area is 131 Å². The van der Waals surface area contributed by atoms with Crippen LogP contribution >= 0.6 is 0 Å². The fourth-order valence-corrected chi connectivity index (χ4v) is 2.72. The van der Waals surface area contributed by atoms with E-state index in [1.807, 2.05) is 26.0 Å². The fourth-order valence-electron chi connectivity index (χ4n) is 2.72. The molecule has 2 rings (SSSR count). The molecular formula is C17H24N2O3. The predicted molar refractivity (Wildman–Crippen MR) is 85.6 cm³/mol. The average Bonchev–Trinajstić information content (AvgIpc) is 2.49. The highest BCUT2D eigenvalue weighted by Gasteiger charge is 2.30. The summed E-state index contributed by atoms with van der Waals surface area (Å²) in [6.07, 6.45) is 4.38. The maximum Gasteiger partial charge on any atom is 0.313 e. The molecule has 0 atom stereocenters. The normalized spacial score (nSPS) is 16.9. The number of benzene rings is 1. The second kappa shape index (κ2) is 6.92. The largest absolute Gasteiger partial charge is 0.388 e. The first-order valence-electron chi connectivity index (χ1n) is 7.78. The summed E-state index contributed by atoms with van der Waals surface area (Å²) in [5.74, 6) is -1.42. The maximum atomic E-state index is 11.9. The lowest BCUT2D eigenvalue weighted by Crippen LogP contribution is -2.47. The number of nitrogens with one attached hydrogen (secondary N) is 2. The summed E-state index contributed by atoms with van der Waals surface area (Å²) in [7, 11) is 0. The number of amides is 2. The lowest BCUT2D eigenvalue weighted by molar-refractivity contribution is -0.137. The van der Waals surface area contributed by atoms with Crippen molar-refractivity contribution in [2.45, 2.75) is 51.6 Å². The van der Waals surface area contributed by atoms with Gasteiger partial charge in [0.2, 0.25) is 0 Å². The molecule has 0 bridgehead atoms. The SMILES string of the molecule is Cc1ccc(NC(=O)C(=O)NCC2(O)CCCCC2)cc1C. The molecule has 0 saturated heterocycles. The zero-order chi connectivity index (χ0) is 16.2. The summed E-state index contributed by atoms with van der Waals surface area (Å²) in [5, 5.41) is 15.4. The summed E-state index contributed by atoms with van der Waals surface area (Å²) < 4.78 is 0. The second-order valence-corrected chi connectivity index (χ2v) is 6.22. The molecule has 0 spiro atoms. The van der Waals surface area contributed by atoms with E-state index >= 15 is 0 Å². The molecule has 1 aromatic carbocycles. The Morgan fingerprint density at radius 2 is 1.77 bits per heavy atom. The van der Waals surface area contributed by atoms with Gasteiger partial charge in [0.25, 0.3) is 0 Å². The molecule has 22 heavy (non-hydrogen) atoms. The molecule has 1 aromatic rings. The number of rotatable bonds is 3. The minimum atomic E-state index is -0.866. The van der Waals surface area contributed by atoms with Crippen LogP contribution in [0, 0.1) is 13.8 Å². The molecule has 0 radical (unpaired) electrons. The van der Waals surface area contributed by atoms with Crippen molar-refractivity contribution in [3.05, 3.63) is 29.3 Å². The number of carbonyl (C=O) groups is 2. The summed E-state index contributed by atoms with van der Waals surface area (Å²) in [6.45, 7) is 4.06. The van der Waals surface area contributed by atoms with Gasteiger partial charge in [0.1, 0.15) is 0 Å². The van der Waals surface area contributed by atoms with Crippen molar-refractivity contribution in [2.75, 3.05) is 11.9 Å². The fraction of sp³-hybridized carbons (Fsp3) is 0.529. The van der Waals surface area contributed by atoms with Gasteiger partial charge in [0, 0.05) is 12.2 Å². The van der Waals surface area contributed by atoms with Gasteiger partial charge in [-0.05, 0) is 49.9 Å². The molecule has 120 valence electrons. The minimum Gasteiger partial charge on any atom is -0.388 e. The molecule has 3 N–H and O–H groups in total. The monoisotopic (exact) mass is 304 g/mol. The van der Waals surface area contributed by atoms with Gasteiger partial charge >= 0.3 is 11.8 Å². The van der Waals surface area contributed by atoms with Crippen molar-refractivity contribution < 1.29 is 14.7 Å². The van der Waals surface area contributed by atoms with Gasteiger partial charge < -0.3 is 15.7 Å². The third-order valence-corrected chi connectivity index (χ3v) is 4.33. The Hall–Kier alpha value is -1.88. The molecule has 0 unspecified atom stereocenters. The van der Waals surface area contributed by atoms with Gasteiger partial charge in [-0.2, -0.15) is 0 Å². The molecule has 5 heteroatoms. The van der Waals surface area contributed by atoms with Gasteiger partial charge in [-0.1, -0.05) is 25.3 Å². The lowest BCUT2D eigenvalue weighted by atomic mass is 9.85. The minimum absolute atomic E-state index is 0.131. The zero-order valence-electron chi connectivity index (χ0n) is 13.2. The molecule has 2 amide bonds. The van der Waals surface area contributed by atoms with Gasteiger partial charge in [0.05, 0.1) is 5.60 Å². The van der Waals surface area contributed by atoms with Crippen LogP contribution in [0.25, 0.3) is 0 Å².